The summed E-state index contributed by atoms with van der Waals surface area (Å²) >= 11 is 0. The fourth-order valence-corrected chi connectivity index (χ4v) is 5.51. The van der Waals surface area contributed by atoms with Crippen molar-refractivity contribution >= 4 is 22.4 Å². The highest BCUT2D eigenvalue weighted by molar-refractivity contribution is 8.25. The number of hydrogen-bond donors (Lipinski definition) is 4. The summed E-state index contributed by atoms with van der Waals surface area (Å²) in [6.45, 7) is 2.14. The molecule has 0 aliphatic carbocycles. The molecule has 1 fully saturated rings. The Balaban J connectivity index is 1.48. The predicted molar refractivity (Wildman–Crippen MR) is 119 cm³/mol. The summed E-state index contributed by atoms with van der Waals surface area (Å²) in [4.78, 5) is 17.1. The monoisotopic (exact) mass is 431 g/mol. The molecule has 1 amide bonds. The summed E-state index contributed by atoms with van der Waals surface area (Å²) in [5.74, 6) is 0.196. The summed E-state index contributed by atoms with van der Waals surface area (Å²) < 4.78 is 22.5. The third-order valence-corrected chi connectivity index (χ3v) is 7.14. The normalized spacial score (nSPS) is 22.2. The first-order valence-corrected chi connectivity index (χ1v) is 11.9. The van der Waals surface area contributed by atoms with Crippen molar-refractivity contribution in [3.63, 3.8) is 0 Å². The lowest BCUT2D eigenvalue weighted by Gasteiger charge is -2.32. The summed E-state index contributed by atoms with van der Waals surface area (Å²) in [7, 11) is -0.978. The summed E-state index contributed by atoms with van der Waals surface area (Å²) in [5, 5.41) is 9.88. The van der Waals surface area contributed by atoms with Gasteiger partial charge in [-0.1, -0.05) is 42.5 Å². The van der Waals surface area contributed by atoms with Crippen molar-refractivity contribution in [1.82, 2.24) is 9.80 Å². The first-order valence-electron chi connectivity index (χ1n) is 10.2. The van der Waals surface area contributed by atoms with Gasteiger partial charge in [0.15, 0.2) is 0 Å². The van der Waals surface area contributed by atoms with Gasteiger partial charge in [0, 0.05) is 26.7 Å². The van der Waals surface area contributed by atoms with Crippen molar-refractivity contribution in [3.8, 4) is 0 Å². The van der Waals surface area contributed by atoms with Gasteiger partial charge in [-0.2, -0.15) is 0 Å². The van der Waals surface area contributed by atoms with Gasteiger partial charge in [-0.3, -0.25) is 23.5 Å². The molecule has 30 heavy (non-hydrogen) atoms. The van der Waals surface area contributed by atoms with E-state index in [1.54, 1.807) is 4.90 Å². The summed E-state index contributed by atoms with van der Waals surface area (Å²) in [6, 6.07) is 15.4. The van der Waals surface area contributed by atoms with E-state index in [-0.39, 0.29) is 30.2 Å². The molecule has 0 radical (unpaired) electrons. The van der Waals surface area contributed by atoms with E-state index in [1.165, 1.54) is 0 Å². The van der Waals surface area contributed by atoms with Gasteiger partial charge in [-0.15, -0.1) is 10.8 Å². The number of hydrogen-bond acceptors (Lipinski definition) is 6. The van der Waals surface area contributed by atoms with Crippen LogP contribution in [0.5, 0.6) is 0 Å². The average molecular weight is 432 g/mol. The lowest BCUT2D eigenvalue weighted by atomic mass is 10.0. The van der Waals surface area contributed by atoms with Crippen molar-refractivity contribution in [1.29, 1.82) is 0 Å². The number of amides is 1. The molecule has 4 N–H and O–H groups in total. The zero-order chi connectivity index (χ0) is 21.3. The molecule has 7 nitrogen and oxygen atoms in total. The SMILES string of the molecule is CN(C(=O)Cc1ccc2c(c1)NS(O)(O)C2)[C@H](CN1CC[C@H](O)C1)c1ccccc1. The van der Waals surface area contributed by atoms with E-state index in [2.05, 4.69) is 9.62 Å². The third-order valence-electron chi connectivity index (χ3n) is 5.88. The molecule has 2 atom stereocenters. The Hall–Kier alpha value is -2.10. The van der Waals surface area contributed by atoms with Crippen molar-refractivity contribution in [3.05, 3.63) is 65.2 Å². The molecule has 0 bridgehead atoms. The van der Waals surface area contributed by atoms with E-state index >= 15 is 0 Å². The first kappa shape index (κ1) is 21.1. The highest BCUT2D eigenvalue weighted by Gasteiger charge is 2.29. The Labute approximate surface area is 178 Å². The maximum Gasteiger partial charge on any atom is 0.227 e. The molecule has 0 aromatic heterocycles. The van der Waals surface area contributed by atoms with E-state index in [4.69, 9.17) is 0 Å². The van der Waals surface area contributed by atoms with E-state index in [9.17, 15) is 19.0 Å². The van der Waals surface area contributed by atoms with Gasteiger partial charge in [-0.25, -0.2) is 0 Å². The quantitative estimate of drug-likeness (QED) is 0.561. The van der Waals surface area contributed by atoms with Crippen molar-refractivity contribution in [2.75, 3.05) is 31.4 Å². The van der Waals surface area contributed by atoms with E-state index < -0.39 is 10.8 Å². The minimum Gasteiger partial charge on any atom is -0.392 e. The second-order valence-electron chi connectivity index (χ2n) is 8.21. The number of β-amino-alcohol motifs (C(OH)–C–C–N with tert-alkyl or cyclic N) is 1. The summed E-state index contributed by atoms with van der Waals surface area (Å²) in [6.07, 6.45) is 0.700. The van der Waals surface area contributed by atoms with Gasteiger partial charge in [0.2, 0.25) is 5.91 Å². The van der Waals surface area contributed by atoms with E-state index in [0.29, 0.717) is 18.8 Å². The Morgan fingerprint density at radius 3 is 2.73 bits per heavy atom. The van der Waals surface area contributed by atoms with Crippen LogP contribution >= 0.6 is 10.8 Å². The highest BCUT2D eigenvalue weighted by atomic mass is 32.3. The number of likely N-dealkylation sites (tertiary alicyclic amines) is 1. The molecular formula is C22H29N3O4S. The van der Waals surface area contributed by atoms with Crippen molar-refractivity contribution in [2.24, 2.45) is 0 Å². The van der Waals surface area contributed by atoms with E-state index in [0.717, 1.165) is 29.7 Å². The van der Waals surface area contributed by atoms with Crippen LogP contribution in [0.1, 0.15) is 29.2 Å². The van der Waals surface area contributed by atoms with Crippen LogP contribution in [0.25, 0.3) is 0 Å². The van der Waals surface area contributed by atoms with Crippen LogP contribution in [-0.4, -0.2) is 62.7 Å². The Kier molecular flexibility index (Phi) is 6.04. The van der Waals surface area contributed by atoms with Crippen LogP contribution in [-0.2, 0) is 17.0 Å². The minimum absolute atomic E-state index is 0.00634. The van der Waals surface area contributed by atoms with Gasteiger partial charge in [0.25, 0.3) is 0 Å². The number of benzene rings is 2. The average Bonchev–Trinajstić information content (AvgIpc) is 3.26. The molecule has 8 heteroatoms. The topological polar surface area (TPSA) is 96.3 Å². The van der Waals surface area contributed by atoms with Gasteiger partial charge in [0.05, 0.1) is 30.0 Å². The maximum absolute atomic E-state index is 13.1. The molecule has 0 unspecified atom stereocenters. The molecular weight excluding hydrogens is 402 g/mol. The summed E-state index contributed by atoms with van der Waals surface area (Å²) in [5.41, 5.74) is 3.45. The maximum atomic E-state index is 13.1. The van der Waals surface area contributed by atoms with Crippen LogP contribution in [0, 0.1) is 0 Å². The van der Waals surface area contributed by atoms with Crippen LogP contribution in [0.2, 0.25) is 0 Å². The molecule has 2 heterocycles. The lowest BCUT2D eigenvalue weighted by molar-refractivity contribution is -0.131. The van der Waals surface area contributed by atoms with Gasteiger partial charge in [-0.05, 0) is 29.2 Å². The Bertz CT molecular complexity index is 909. The number of aliphatic hydroxyl groups excluding tert-OH is 1. The van der Waals surface area contributed by atoms with Crippen molar-refractivity contribution in [2.45, 2.75) is 30.7 Å². The van der Waals surface area contributed by atoms with Crippen LogP contribution in [0.3, 0.4) is 0 Å². The van der Waals surface area contributed by atoms with E-state index in [1.807, 2.05) is 55.6 Å². The number of nitrogens with zero attached hydrogens (tertiary/aromatic N) is 2. The minimum atomic E-state index is -2.81. The fourth-order valence-electron chi connectivity index (χ4n) is 4.21. The molecule has 2 aromatic carbocycles. The molecule has 2 aliphatic heterocycles. The highest BCUT2D eigenvalue weighted by Crippen LogP contribution is 2.50. The molecule has 2 aromatic rings. The Morgan fingerprint density at radius 1 is 1.27 bits per heavy atom. The smallest absolute Gasteiger partial charge is 0.227 e. The molecule has 162 valence electrons. The zero-order valence-electron chi connectivity index (χ0n) is 17.1. The molecule has 0 spiro atoms. The number of aliphatic hydroxyl groups is 1. The number of rotatable bonds is 6. The largest absolute Gasteiger partial charge is 0.392 e. The first-order chi connectivity index (χ1) is 14.3. The van der Waals surface area contributed by atoms with Crippen LogP contribution in [0.15, 0.2) is 48.5 Å². The molecule has 4 rings (SSSR count). The fraction of sp³-hybridized carbons (Fsp3) is 0.409. The predicted octanol–water partition coefficient (Wildman–Crippen LogP) is 3.09. The van der Waals surface area contributed by atoms with Crippen LogP contribution < -0.4 is 4.72 Å². The number of nitrogens with one attached hydrogen (secondary N) is 1. The van der Waals surface area contributed by atoms with Gasteiger partial charge < -0.3 is 10.0 Å². The lowest BCUT2D eigenvalue weighted by Crippen LogP contribution is -2.39. The molecule has 2 aliphatic rings. The second kappa shape index (κ2) is 8.56. The molecule has 1 saturated heterocycles. The molecule has 0 saturated carbocycles. The standard InChI is InChI=1S/C22H29N3O4S/c1-24(21(17-5-3-2-4-6-17)14-25-10-9-19(26)13-25)22(27)12-16-7-8-18-15-30(28,29)23-20(18)11-16/h2-8,11,19,21,23,26,28-29H,9-10,12-15H2,1H3/t19-,21+/m0/s1. The number of likely N-dealkylation sites (N-methyl/N-ethyl adjacent to an activating group) is 1. The van der Waals surface area contributed by atoms with Gasteiger partial charge in [0.1, 0.15) is 0 Å². The number of carbonyl (C=O) groups excluding carboxylic acids is 1. The number of carbonyl (C=O) groups is 1. The second-order valence-corrected chi connectivity index (χ2v) is 10.0. The van der Waals surface area contributed by atoms with Crippen LogP contribution in [0.4, 0.5) is 5.69 Å². The third kappa shape index (κ3) is 4.79. The number of anilines is 1. The number of fused-ring (bicyclic) bond motifs is 1. The van der Waals surface area contributed by atoms with Crippen molar-refractivity contribution < 1.29 is 19.0 Å². The zero-order valence-corrected chi connectivity index (χ0v) is 17.9. The Morgan fingerprint density at radius 2 is 2.03 bits per heavy atom. The van der Waals surface area contributed by atoms with Gasteiger partial charge >= 0.3 is 0 Å².